The number of rotatable bonds is 5. The average Bonchev–Trinajstić information content (AvgIpc) is 2.53. The van der Waals surface area contributed by atoms with Crippen LogP contribution in [0.5, 0.6) is 0 Å². The molecular weight excluding hydrogens is 301 g/mol. The van der Waals surface area contributed by atoms with E-state index < -0.39 is 11.7 Å². The molecule has 0 aromatic heterocycles. The lowest BCUT2D eigenvalue weighted by atomic mass is 10.1. The summed E-state index contributed by atoms with van der Waals surface area (Å²) in [6.07, 6.45) is -2.22. The first-order valence-electron chi connectivity index (χ1n) is 7.47. The van der Waals surface area contributed by atoms with Gasteiger partial charge >= 0.3 is 6.18 Å². The lowest BCUT2D eigenvalue weighted by Crippen LogP contribution is -2.19. The van der Waals surface area contributed by atoms with Crippen LogP contribution < -0.4 is 5.32 Å². The molecule has 0 aliphatic rings. The molecule has 0 aliphatic carbocycles. The zero-order valence-corrected chi connectivity index (χ0v) is 13.1. The molecule has 0 saturated heterocycles. The summed E-state index contributed by atoms with van der Waals surface area (Å²) in [5.74, 6) is 0. The van der Waals surface area contributed by atoms with Gasteiger partial charge in [-0.05, 0) is 31.5 Å². The molecule has 2 rings (SSSR count). The van der Waals surface area contributed by atoms with Crippen molar-refractivity contribution in [3.05, 3.63) is 59.7 Å². The molecule has 0 aliphatic heterocycles. The highest BCUT2D eigenvalue weighted by atomic mass is 19.4. The molecule has 0 amide bonds. The number of hydrogen-bond donors (Lipinski definition) is 1. The van der Waals surface area contributed by atoms with Gasteiger partial charge in [-0.25, -0.2) is 0 Å². The van der Waals surface area contributed by atoms with Gasteiger partial charge in [0, 0.05) is 17.8 Å². The average molecular weight is 320 g/mol. The van der Waals surface area contributed by atoms with Gasteiger partial charge in [-0.3, -0.25) is 4.99 Å². The highest BCUT2D eigenvalue weighted by Gasteiger charge is 2.34. The summed E-state index contributed by atoms with van der Waals surface area (Å²) in [6, 6.07) is 13.2. The van der Waals surface area contributed by atoms with Crippen molar-refractivity contribution in [1.29, 1.82) is 0 Å². The minimum Gasteiger partial charge on any atom is -0.382 e. The Bertz CT molecular complexity index is 664. The van der Waals surface area contributed by atoms with E-state index in [1.807, 2.05) is 32.0 Å². The Hall–Kier alpha value is -2.30. The number of para-hydroxylation sites is 2. The molecule has 1 N–H and O–H groups in total. The number of nitrogens with one attached hydrogen (secondary N) is 1. The van der Waals surface area contributed by atoms with Crippen molar-refractivity contribution < 1.29 is 13.2 Å². The van der Waals surface area contributed by atoms with Crippen molar-refractivity contribution in [2.45, 2.75) is 32.5 Å². The first kappa shape index (κ1) is 17.1. The summed E-state index contributed by atoms with van der Waals surface area (Å²) < 4.78 is 39.8. The van der Waals surface area contributed by atoms with Crippen LogP contribution in [0.25, 0.3) is 0 Å². The zero-order valence-electron chi connectivity index (χ0n) is 13.1. The Morgan fingerprint density at radius 3 is 2.39 bits per heavy atom. The maximum Gasteiger partial charge on any atom is 0.418 e. The van der Waals surface area contributed by atoms with E-state index in [1.165, 1.54) is 12.3 Å². The van der Waals surface area contributed by atoms with Gasteiger partial charge in [0.15, 0.2) is 0 Å². The van der Waals surface area contributed by atoms with Crippen molar-refractivity contribution in [1.82, 2.24) is 0 Å². The quantitative estimate of drug-likeness (QED) is 0.706. The topological polar surface area (TPSA) is 24.4 Å². The van der Waals surface area contributed by atoms with Gasteiger partial charge in [0.2, 0.25) is 0 Å². The normalized spacial score (nSPS) is 13.3. The maximum atomic E-state index is 13.3. The van der Waals surface area contributed by atoms with Crippen LogP contribution in [0.3, 0.4) is 0 Å². The van der Waals surface area contributed by atoms with Gasteiger partial charge in [0.25, 0.3) is 0 Å². The number of anilines is 1. The third-order valence-corrected chi connectivity index (χ3v) is 3.51. The summed E-state index contributed by atoms with van der Waals surface area (Å²) in [5.41, 5.74) is 0.521. The molecule has 0 saturated carbocycles. The van der Waals surface area contributed by atoms with Crippen molar-refractivity contribution in [2.75, 3.05) is 5.32 Å². The van der Waals surface area contributed by atoms with Crippen molar-refractivity contribution in [2.24, 2.45) is 4.99 Å². The molecule has 1 unspecified atom stereocenters. The third-order valence-electron chi connectivity index (χ3n) is 3.51. The van der Waals surface area contributed by atoms with Gasteiger partial charge in [-0.1, -0.05) is 37.3 Å². The highest BCUT2D eigenvalue weighted by molar-refractivity contribution is 5.90. The second-order valence-electron chi connectivity index (χ2n) is 5.31. The van der Waals surface area contributed by atoms with Crippen LogP contribution in [0.15, 0.2) is 53.5 Å². The molecule has 2 aromatic carbocycles. The molecule has 23 heavy (non-hydrogen) atoms. The second kappa shape index (κ2) is 7.31. The van der Waals surface area contributed by atoms with E-state index in [4.69, 9.17) is 0 Å². The van der Waals surface area contributed by atoms with E-state index in [-0.39, 0.29) is 11.7 Å². The Labute approximate surface area is 134 Å². The molecule has 0 heterocycles. The number of aliphatic imine (C=N–C) groups is 1. The fourth-order valence-electron chi connectivity index (χ4n) is 2.08. The first-order chi connectivity index (χ1) is 10.9. The minimum absolute atomic E-state index is 0.0672. The number of hydrogen-bond acceptors (Lipinski definition) is 2. The molecule has 0 radical (unpaired) electrons. The molecule has 0 spiro atoms. The summed E-state index contributed by atoms with van der Waals surface area (Å²) >= 11 is 0. The Balaban J connectivity index is 2.43. The van der Waals surface area contributed by atoms with Crippen LogP contribution in [-0.4, -0.2) is 12.3 Å². The van der Waals surface area contributed by atoms with Gasteiger partial charge in [0.05, 0.1) is 16.9 Å². The van der Waals surface area contributed by atoms with Crippen LogP contribution in [0, 0.1) is 0 Å². The number of halogens is 3. The summed E-state index contributed by atoms with van der Waals surface area (Å²) in [7, 11) is 0. The molecule has 0 fully saturated rings. The van der Waals surface area contributed by atoms with Crippen LogP contribution in [0.4, 0.5) is 24.5 Å². The minimum atomic E-state index is -4.41. The Morgan fingerprint density at radius 2 is 1.78 bits per heavy atom. The monoisotopic (exact) mass is 320 g/mol. The highest BCUT2D eigenvalue weighted by Crippen LogP contribution is 2.36. The molecule has 0 bridgehead atoms. The standard InChI is InChI=1S/C18H19F3N2/c1-3-13(2)23-17-14(8-7-11-16(17)18(19,20)21)12-22-15-9-5-4-6-10-15/h4-13,23H,3H2,1-2H3. The van der Waals surface area contributed by atoms with Crippen molar-refractivity contribution in [3.8, 4) is 0 Å². The first-order valence-corrected chi connectivity index (χ1v) is 7.47. The van der Waals surface area contributed by atoms with Gasteiger partial charge in [0.1, 0.15) is 0 Å². The van der Waals surface area contributed by atoms with E-state index in [1.54, 1.807) is 18.2 Å². The van der Waals surface area contributed by atoms with E-state index in [0.29, 0.717) is 11.3 Å². The van der Waals surface area contributed by atoms with Gasteiger partial charge in [-0.15, -0.1) is 0 Å². The largest absolute Gasteiger partial charge is 0.418 e. The SMILES string of the molecule is CCC(C)Nc1c(C=Nc2ccccc2)cccc1C(F)(F)F. The molecule has 5 heteroatoms. The van der Waals surface area contributed by atoms with Crippen LogP contribution >= 0.6 is 0 Å². The fraction of sp³-hybridized carbons (Fsp3) is 0.278. The van der Waals surface area contributed by atoms with E-state index in [0.717, 1.165) is 12.5 Å². The van der Waals surface area contributed by atoms with E-state index in [2.05, 4.69) is 10.3 Å². The summed E-state index contributed by atoms with van der Waals surface area (Å²) in [4.78, 5) is 4.26. The molecule has 2 aromatic rings. The molecular formula is C18H19F3N2. The Morgan fingerprint density at radius 1 is 1.09 bits per heavy atom. The van der Waals surface area contributed by atoms with Crippen LogP contribution in [0.2, 0.25) is 0 Å². The molecule has 122 valence electrons. The summed E-state index contributed by atoms with van der Waals surface area (Å²) in [6.45, 7) is 3.77. The Kier molecular flexibility index (Phi) is 5.42. The van der Waals surface area contributed by atoms with Gasteiger partial charge in [-0.2, -0.15) is 13.2 Å². The maximum absolute atomic E-state index is 13.3. The number of benzene rings is 2. The predicted octanol–water partition coefficient (Wildman–Crippen LogP) is 5.67. The predicted molar refractivity (Wildman–Crippen MR) is 88.5 cm³/mol. The lowest BCUT2D eigenvalue weighted by Gasteiger charge is -2.20. The van der Waals surface area contributed by atoms with E-state index >= 15 is 0 Å². The third kappa shape index (κ3) is 4.58. The summed E-state index contributed by atoms with van der Waals surface area (Å²) in [5, 5.41) is 2.96. The van der Waals surface area contributed by atoms with Crippen molar-refractivity contribution in [3.63, 3.8) is 0 Å². The van der Waals surface area contributed by atoms with E-state index in [9.17, 15) is 13.2 Å². The second-order valence-corrected chi connectivity index (χ2v) is 5.31. The number of nitrogens with zero attached hydrogens (tertiary/aromatic N) is 1. The smallest absolute Gasteiger partial charge is 0.382 e. The number of alkyl halides is 3. The lowest BCUT2D eigenvalue weighted by molar-refractivity contribution is -0.137. The van der Waals surface area contributed by atoms with Crippen molar-refractivity contribution >= 4 is 17.6 Å². The fourth-order valence-corrected chi connectivity index (χ4v) is 2.08. The van der Waals surface area contributed by atoms with Crippen LogP contribution in [0.1, 0.15) is 31.4 Å². The molecule has 1 atom stereocenters. The molecule has 2 nitrogen and oxygen atoms in total. The van der Waals surface area contributed by atoms with Gasteiger partial charge < -0.3 is 5.32 Å². The van der Waals surface area contributed by atoms with Crippen LogP contribution in [-0.2, 0) is 6.18 Å². The zero-order chi connectivity index (χ0) is 16.9.